The van der Waals surface area contributed by atoms with E-state index in [2.05, 4.69) is 18.4 Å². The molecule has 2 aromatic carbocycles. The average molecular weight is 496 g/mol. The van der Waals surface area contributed by atoms with Crippen LogP contribution in [-0.4, -0.2) is 52.5 Å². The van der Waals surface area contributed by atoms with E-state index in [1.165, 1.54) is 19.1 Å². The number of carbonyl (C=O) groups is 3. The molecule has 9 heteroatoms. The normalized spacial score (nSPS) is 17.1. The summed E-state index contributed by atoms with van der Waals surface area (Å²) in [6.07, 6.45) is 2.16. The maximum absolute atomic E-state index is 14.4. The van der Waals surface area contributed by atoms with Crippen molar-refractivity contribution in [2.24, 2.45) is 0 Å². The number of phenols is 1. The molecular weight excluding hydrogens is 465 g/mol. The van der Waals surface area contributed by atoms with Gasteiger partial charge in [0.05, 0.1) is 13.6 Å². The van der Waals surface area contributed by atoms with Gasteiger partial charge in [-0.05, 0) is 37.6 Å². The molecule has 0 aliphatic carbocycles. The molecule has 184 valence electrons. The van der Waals surface area contributed by atoms with Gasteiger partial charge in [0.2, 0.25) is 11.8 Å². The summed E-state index contributed by atoms with van der Waals surface area (Å²) in [5, 5.41) is 13.4. The lowest BCUT2D eigenvalue weighted by atomic mass is 10.1. The van der Waals surface area contributed by atoms with Crippen molar-refractivity contribution in [3.05, 3.63) is 65.1 Å². The van der Waals surface area contributed by atoms with Crippen molar-refractivity contribution in [2.75, 3.05) is 6.17 Å². The number of amides is 2. The molecule has 0 unspecified atom stereocenters. The van der Waals surface area contributed by atoms with Crippen LogP contribution in [0.2, 0.25) is 19.1 Å². The van der Waals surface area contributed by atoms with E-state index in [1.807, 2.05) is 0 Å². The van der Waals surface area contributed by atoms with Crippen LogP contribution in [0.3, 0.4) is 0 Å². The minimum Gasteiger partial charge on any atom is -0.508 e. The maximum atomic E-state index is 14.4. The number of halogens is 1. The van der Waals surface area contributed by atoms with Crippen molar-refractivity contribution in [1.82, 2.24) is 14.8 Å². The second kappa shape index (κ2) is 9.29. The first-order chi connectivity index (χ1) is 16.5. The van der Waals surface area contributed by atoms with Crippen molar-refractivity contribution in [3.63, 3.8) is 0 Å². The molecule has 1 aliphatic rings. The Bertz CT molecular complexity index is 1330. The monoisotopic (exact) mass is 495 g/mol. The first-order valence-corrected chi connectivity index (χ1v) is 15.0. The first kappa shape index (κ1) is 24.7. The van der Waals surface area contributed by atoms with Gasteiger partial charge in [-0.3, -0.25) is 14.4 Å². The number of Topliss-reactive ketones (excluding diaryl/α,β-unsaturated/α-hetero) is 1. The maximum Gasteiger partial charge on any atom is 0.242 e. The number of aromatic hydroxyl groups is 1. The van der Waals surface area contributed by atoms with Crippen LogP contribution in [0.25, 0.3) is 10.9 Å². The summed E-state index contributed by atoms with van der Waals surface area (Å²) < 4.78 is 16.0. The summed E-state index contributed by atoms with van der Waals surface area (Å²) in [4.78, 5) is 40.3. The quantitative estimate of drug-likeness (QED) is 0.402. The van der Waals surface area contributed by atoms with Crippen LogP contribution in [0.5, 0.6) is 5.75 Å². The molecule has 1 fully saturated rings. The predicted molar refractivity (Wildman–Crippen MR) is 134 cm³/mol. The minimum absolute atomic E-state index is 0.0368. The van der Waals surface area contributed by atoms with Crippen molar-refractivity contribution in [1.29, 1.82) is 0 Å². The molecule has 1 aliphatic heterocycles. The number of ketones is 1. The zero-order chi connectivity index (χ0) is 25.5. The fourth-order valence-electron chi connectivity index (χ4n) is 4.84. The third-order valence-corrected chi connectivity index (χ3v) is 9.31. The molecule has 0 saturated carbocycles. The van der Waals surface area contributed by atoms with E-state index in [0.29, 0.717) is 39.8 Å². The van der Waals surface area contributed by atoms with Crippen LogP contribution in [0, 0.1) is 12.7 Å². The fraction of sp³-hybridized carbons (Fsp3) is 0.346. The Balaban J connectivity index is 1.55. The Labute approximate surface area is 204 Å². The van der Waals surface area contributed by atoms with Gasteiger partial charge in [0, 0.05) is 41.5 Å². The van der Waals surface area contributed by atoms with Gasteiger partial charge in [0.15, 0.2) is 5.78 Å². The molecule has 1 aromatic heterocycles. The molecular formula is C26H30FN3O4Si. The number of aryl methyl sites for hydroxylation is 1. The number of hydrogen-bond acceptors (Lipinski definition) is 4. The Morgan fingerprint density at radius 2 is 1.94 bits per heavy atom. The molecule has 35 heavy (non-hydrogen) atoms. The number of aromatic nitrogens is 1. The van der Waals surface area contributed by atoms with Crippen LogP contribution < -0.4 is 5.32 Å². The molecule has 2 N–H and O–H groups in total. The Morgan fingerprint density at radius 3 is 2.66 bits per heavy atom. The molecule has 2 amide bonds. The molecule has 3 aromatic rings. The number of nitrogens with one attached hydrogen (secondary N) is 1. The number of hydrogen-bond donors (Lipinski definition) is 2. The predicted octanol–water partition coefficient (Wildman–Crippen LogP) is 3.77. The topological polar surface area (TPSA) is 91.6 Å². The SMILES string of the molecule is CC(=O)c1cn(CC(=O)N2C[Si](C)(C)C[C@H]2C(=O)NCc2cccc(C)c2F)c2cc(O)ccc12. The van der Waals surface area contributed by atoms with Crippen molar-refractivity contribution < 1.29 is 23.9 Å². The zero-order valence-corrected chi connectivity index (χ0v) is 21.4. The van der Waals surface area contributed by atoms with Gasteiger partial charge in [-0.2, -0.15) is 0 Å². The molecule has 1 saturated heterocycles. The number of carbonyl (C=O) groups excluding carboxylic acids is 3. The van der Waals surface area contributed by atoms with Gasteiger partial charge in [0.1, 0.15) is 24.2 Å². The second-order valence-electron chi connectivity index (χ2n) is 10.1. The van der Waals surface area contributed by atoms with Crippen LogP contribution in [0.4, 0.5) is 4.39 Å². The Hall–Kier alpha value is -3.46. The molecule has 1 atom stereocenters. The summed E-state index contributed by atoms with van der Waals surface area (Å²) in [7, 11) is -1.85. The van der Waals surface area contributed by atoms with Crippen molar-refractivity contribution >= 4 is 36.6 Å². The van der Waals surface area contributed by atoms with E-state index in [1.54, 1.807) is 46.9 Å². The molecule has 0 radical (unpaired) electrons. The zero-order valence-electron chi connectivity index (χ0n) is 20.4. The lowest BCUT2D eigenvalue weighted by Gasteiger charge is -2.25. The van der Waals surface area contributed by atoms with E-state index in [-0.39, 0.29) is 42.3 Å². The highest BCUT2D eigenvalue weighted by molar-refractivity contribution is 6.79. The lowest BCUT2D eigenvalue weighted by molar-refractivity contribution is -0.138. The van der Waals surface area contributed by atoms with Gasteiger partial charge in [-0.1, -0.05) is 31.3 Å². The van der Waals surface area contributed by atoms with Crippen LogP contribution in [-0.2, 0) is 22.7 Å². The van der Waals surface area contributed by atoms with E-state index in [4.69, 9.17) is 0 Å². The number of nitrogens with zero attached hydrogens (tertiary/aromatic N) is 2. The molecule has 7 nitrogen and oxygen atoms in total. The van der Waals surface area contributed by atoms with Gasteiger partial charge in [-0.15, -0.1) is 0 Å². The van der Waals surface area contributed by atoms with Crippen molar-refractivity contribution in [3.8, 4) is 5.75 Å². The van der Waals surface area contributed by atoms with Gasteiger partial charge in [-0.25, -0.2) is 4.39 Å². The van der Waals surface area contributed by atoms with Gasteiger partial charge < -0.3 is 19.9 Å². The average Bonchev–Trinajstić information content (AvgIpc) is 3.31. The summed E-state index contributed by atoms with van der Waals surface area (Å²) in [5.41, 5.74) is 1.97. The molecule has 0 bridgehead atoms. The van der Waals surface area contributed by atoms with Gasteiger partial charge >= 0.3 is 0 Å². The summed E-state index contributed by atoms with van der Waals surface area (Å²) in [5.74, 6) is -0.972. The highest BCUT2D eigenvalue weighted by Crippen LogP contribution is 2.29. The van der Waals surface area contributed by atoms with Gasteiger partial charge in [0.25, 0.3) is 0 Å². The number of phenolic OH excluding ortho intramolecular Hbond substituents is 1. The minimum atomic E-state index is -1.85. The highest BCUT2D eigenvalue weighted by atomic mass is 28.3. The van der Waals surface area contributed by atoms with E-state index in [9.17, 15) is 23.9 Å². The largest absolute Gasteiger partial charge is 0.508 e. The highest BCUT2D eigenvalue weighted by Gasteiger charge is 2.44. The second-order valence-corrected chi connectivity index (χ2v) is 15.2. The Morgan fingerprint density at radius 1 is 1.20 bits per heavy atom. The number of benzene rings is 2. The molecule has 2 heterocycles. The lowest BCUT2D eigenvalue weighted by Crippen LogP contribution is -2.46. The van der Waals surface area contributed by atoms with E-state index < -0.39 is 14.1 Å². The molecule has 0 spiro atoms. The van der Waals surface area contributed by atoms with Crippen LogP contribution in [0.15, 0.2) is 42.6 Å². The van der Waals surface area contributed by atoms with E-state index in [0.717, 1.165) is 0 Å². The number of fused-ring (bicyclic) bond motifs is 1. The van der Waals surface area contributed by atoms with Crippen LogP contribution >= 0.6 is 0 Å². The molecule has 4 rings (SSSR count). The standard InChI is InChI=1S/C26H30FN3O4Si/c1-16-6-5-7-18(25(16)27)11-28-26(34)23-14-35(3,4)15-30(23)24(33)13-29-12-21(17(2)31)20-9-8-19(32)10-22(20)29/h5-10,12,23,32H,11,13-15H2,1-4H3,(H,28,34)/t23-/m0/s1. The first-order valence-electron chi connectivity index (χ1n) is 11.6. The Kier molecular flexibility index (Phi) is 6.55. The number of rotatable bonds is 6. The van der Waals surface area contributed by atoms with Crippen molar-refractivity contribution in [2.45, 2.75) is 52.1 Å². The smallest absolute Gasteiger partial charge is 0.242 e. The van der Waals surface area contributed by atoms with E-state index >= 15 is 0 Å². The fourth-order valence-corrected chi connectivity index (χ4v) is 7.74. The summed E-state index contributed by atoms with van der Waals surface area (Å²) >= 11 is 0. The third-order valence-electron chi connectivity index (χ3n) is 6.62. The summed E-state index contributed by atoms with van der Waals surface area (Å²) in [6.45, 7) is 7.40. The summed E-state index contributed by atoms with van der Waals surface area (Å²) in [6, 6.07) is 9.74. The van der Waals surface area contributed by atoms with Crippen LogP contribution in [0.1, 0.15) is 28.4 Å². The third kappa shape index (κ3) is 5.00.